The second kappa shape index (κ2) is 5.94. The molecule has 2 aliphatic rings. The van der Waals surface area contributed by atoms with Crippen molar-refractivity contribution < 1.29 is 0 Å². The zero-order valence-corrected chi connectivity index (χ0v) is 12.8. The minimum Gasteiger partial charge on any atom is -0.310 e. The zero-order valence-electron chi connectivity index (χ0n) is 12.0. The highest BCUT2D eigenvalue weighted by molar-refractivity contribution is 7.09. The van der Waals surface area contributed by atoms with Crippen molar-refractivity contribution in [2.24, 2.45) is 0 Å². The first-order valence-electron chi connectivity index (χ1n) is 7.83. The van der Waals surface area contributed by atoms with Crippen molar-refractivity contribution in [3.8, 4) is 0 Å². The highest BCUT2D eigenvalue weighted by atomic mass is 32.1. The molecule has 106 valence electrons. The van der Waals surface area contributed by atoms with Crippen LogP contribution in [0.5, 0.6) is 0 Å². The predicted octanol–water partition coefficient (Wildman–Crippen LogP) is 3.63. The van der Waals surface area contributed by atoms with Crippen molar-refractivity contribution >= 4 is 11.3 Å². The largest absolute Gasteiger partial charge is 0.310 e. The summed E-state index contributed by atoms with van der Waals surface area (Å²) in [5, 5.41) is 6.03. The van der Waals surface area contributed by atoms with Crippen LogP contribution in [0.4, 0.5) is 0 Å². The van der Waals surface area contributed by atoms with Crippen molar-refractivity contribution in [3.63, 3.8) is 0 Å². The fraction of sp³-hybridized carbons (Fsp3) is 0.750. The lowest BCUT2D eigenvalue weighted by Gasteiger charge is -2.36. The van der Waals surface area contributed by atoms with Gasteiger partial charge in [0.1, 0.15) is 0 Å². The van der Waals surface area contributed by atoms with Crippen molar-refractivity contribution in [2.75, 3.05) is 13.1 Å². The molecule has 2 fully saturated rings. The van der Waals surface area contributed by atoms with Gasteiger partial charge in [-0.2, -0.15) is 0 Å². The standard InChI is InChI=1S/C16H26N2S/c1-2-8-16(9-4-10-17-16)13-18(14-6-7-14)12-15-5-3-11-19-15/h3,5,11,14,17H,2,4,6-10,12-13H2,1H3. The molecule has 1 saturated carbocycles. The molecule has 3 rings (SSSR count). The highest BCUT2D eigenvalue weighted by Gasteiger charge is 2.38. The molecule has 19 heavy (non-hydrogen) atoms. The average Bonchev–Trinajstić information content (AvgIpc) is 2.94. The van der Waals surface area contributed by atoms with Crippen LogP contribution in [-0.2, 0) is 6.54 Å². The Hall–Kier alpha value is -0.380. The first-order valence-corrected chi connectivity index (χ1v) is 8.71. The first-order chi connectivity index (χ1) is 9.31. The molecule has 2 heterocycles. The van der Waals surface area contributed by atoms with Gasteiger partial charge in [0.2, 0.25) is 0 Å². The molecule has 1 aliphatic carbocycles. The molecule has 0 amide bonds. The molecule has 1 atom stereocenters. The summed E-state index contributed by atoms with van der Waals surface area (Å²) in [6, 6.07) is 5.33. The lowest BCUT2D eigenvalue weighted by atomic mass is 9.91. The van der Waals surface area contributed by atoms with E-state index in [1.165, 1.54) is 56.5 Å². The summed E-state index contributed by atoms with van der Waals surface area (Å²) < 4.78 is 0. The van der Waals surface area contributed by atoms with E-state index in [0.717, 1.165) is 12.6 Å². The summed E-state index contributed by atoms with van der Waals surface area (Å²) in [7, 11) is 0. The summed E-state index contributed by atoms with van der Waals surface area (Å²) in [5.41, 5.74) is 0.411. The maximum absolute atomic E-state index is 3.83. The van der Waals surface area contributed by atoms with Gasteiger partial charge in [-0.3, -0.25) is 4.90 Å². The molecule has 1 aliphatic heterocycles. The first kappa shape index (κ1) is 13.6. The predicted molar refractivity (Wildman–Crippen MR) is 82.6 cm³/mol. The molecule has 2 nitrogen and oxygen atoms in total. The second-order valence-corrected chi connectivity index (χ2v) is 7.31. The summed E-state index contributed by atoms with van der Waals surface area (Å²) in [4.78, 5) is 4.27. The van der Waals surface area contributed by atoms with Gasteiger partial charge in [-0.15, -0.1) is 11.3 Å². The third-order valence-corrected chi connectivity index (χ3v) is 5.43. The number of rotatable bonds is 7. The van der Waals surface area contributed by atoms with Crippen LogP contribution in [0.2, 0.25) is 0 Å². The van der Waals surface area contributed by atoms with Crippen LogP contribution in [-0.4, -0.2) is 29.6 Å². The SMILES string of the molecule is CCCC1(CN(Cc2cccs2)C2CC2)CCCN1. The van der Waals surface area contributed by atoms with E-state index in [9.17, 15) is 0 Å². The van der Waals surface area contributed by atoms with Crippen LogP contribution >= 0.6 is 11.3 Å². The average molecular weight is 278 g/mol. The normalized spacial score (nSPS) is 27.3. The maximum Gasteiger partial charge on any atom is 0.0331 e. The van der Waals surface area contributed by atoms with Gasteiger partial charge in [0.05, 0.1) is 0 Å². The van der Waals surface area contributed by atoms with E-state index in [2.05, 4.69) is 34.7 Å². The third-order valence-electron chi connectivity index (χ3n) is 4.57. The summed E-state index contributed by atoms with van der Waals surface area (Å²) in [6.07, 6.45) is 8.18. The minimum absolute atomic E-state index is 0.411. The molecule has 1 N–H and O–H groups in total. The van der Waals surface area contributed by atoms with Crippen LogP contribution in [0.1, 0.15) is 50.3 Å². The topological polar surface area (TPSA) is 15.3 Å². The molecular formula is C16H26N2S. The van der Waals surface area contributed by atoms with Crippen LogP contribution in [0.15, 0.2) is 17.5 Å². The van der Waals surface area contributed by atoms with Gasteiger partial charge in [0, 0.05) is 29.5 Å². The Morgan fingerprint density at radius 2 is 2.37 bits per heavy atom. The van der Waals surface area contributed by atoms with Crippen molar-refractivity contribution in [1.82, 2.24) is 10.2 Å². The Morgan fingerprint density at radius 3 is 2.95 bits per heavy atom. The van der Waals surface area contributed by atoms with Gasteiger partial charge in [-0.25, -0.2) is 0 Å². The molecule has 0 bridgehead atoms. The third kappa shape index (κ3) is 3.39. The lowest BCUT2D eigenvalue weighted by molar-refractivity contribution is 0.170. The Morgan fingerprint density at radius 1 is 1.47 bits per heavy atom. The van der Waals surface area contributed by atoms with Crippen LogP contribution in [0.25, 0.3) is 0 Å². The van der Waals surface area contributed by atoms with E-state index in [1.807, 2.05) is 11.3 Å². The van der Waals surface area contributed by atoms with Crippen molar-refractivity contribution in [3.05, 3.63) is 22.4 Å². The van der Waals surface area contributed by atoms with Crippen LogP contribution in [0, 0.1) is 0 Å². The van der Waals surface area contributed by atoms with Gasteiger partial charge < -0.3 is 5.32 Å². The van der Waals surface area contributed by atoms with E-state index in [-0.39, 0.29) is 0 Å². The zero-order chi connectivity index (χ0) is 13.1. The molecule has 0 spiro atoms. The van der Waals surface area contributed by atoms with Crippen LogP contribution in [0.3, 0.4) is 0 Å². The molecule has 1 aromatic heterocycles. The molecule has 1 saturated heterocycles. The summed E-state index contributed by atoms with van der Waals surface area (Å²) in [6.45, 7) is 5.96. The smallest absolute Gasteiger partial charge is 0.0331 e. The van der Waals surface area contributed by atoms with Gasteiger partial charge in [0.15, 0.2) is 0 Å². The van der Waals surface area contributed by atoms with Crippen LogP contribution < -0.4 is 5.32 Å². The Balaban J connectivity index is 1.66. The van der Waals surface area contributed by atoms with E-state index in [1.54, 1.807) is 0 Å². The minimum atomic E-state index is 0.411. The lowest BCUT2D eigenvalue weighted by Crippen LogP contribution is -2.50. The fourth-order valence-corrected chi connectivity index (χ4v) is 4.25. The quantitative estimate of drug-likeness (QED) is 0.819. The van der Waals surface area contributed by atoms with E-state index < -0.39 is 0 Å². The Labute approximate surface area is 121 Å². The monoisotopic (exact) mass is 278 g/mol. The highest BCUT2D eigenvalue weighted by Crippen LogP contribution is 2.34. The summed E-state index contributed by atoms with van der Waals surface area (Å²) in [5.74, 6) is 0. The number of thiophene rings is 1. The Bertz CT molecular complexity index is 377. The molecule has 1 aromatic rings. The van der Waals surface area contributed by atoms with Gasteiger partial charge in [-0.1, -0.05) is 19.4 Å². The van der Waals surface area contributed by atoms with Gasteiger partial charge >= 0.3 is 0 Å². The van der Waals surface area contributed by atoms with Crippen molar-refractivity contribution in [1.29, 1.82) is 0 Å². The Kier molecular flexibility index (Phi) is 4.25. The molecular weight excluding hydrogens is 252 g/mol. The number of nitrogens with zero attached hydrogens (tertiary/aromatic N) is 1. The maximum atomic E-state index is 3.83. The number of hydrogen-bond donors (Lipinski definition) is 1. The van der Waals surface area contributed by atoms with E-state index in [0.29, 0.717) is 5.54 Å². The molecule has 0 aromatic carbocycles. The summed E-state index contributed by atoms with van der Waals surface area (Å²) >= 11 is 1.90. The second-order valence-electron chi connectivity index (χ2n) is 6.28. The fourth-order valence-electron chi connectivity index (χ4n) is 3.52. The van der Waals surface area contributed by atoms with E-state index in [4.69, 9.17) is 0 Å². The van der Waals surface area contributed by atoms with Gasteiger partial charge in [0.25, 0.3) is 0 Å². The van der Waals surface area contributed by atoms with E-state index >= 15 is 0 Å². The molecule has 3 heteroatoms. The molecule has 0 radical (unpaired) electrons. The number of nitrogens with one attached hydrogen (secondary N) is 1. The molecule has 1 unspecified atom stereocenters. The van der Waals surface area contributed by atoms with Gasteiger partial charge in [-0.05, 0) is 50.1 Å². The van der Waals surface area contributed by atoms with Crippen molar-refractivity contribution in [2.45, 2.75) is 63.6 Å². The number of hydrogen-bond acceptors (Lipinski definition) is 3.